The fraction of sp³-hybridized carbons (Fsp3) is 0.571. The molecule has 0 saturated heterocycles. The standard InChI is InChI=1S/C7H10F3N3/c8-7(9,10)4-6(12)1-2-13-3-5(6)11/h1-3,5H,4,11-12H2. The van der Waals surface area contributed by atoms with Gasteiger partial charge in [0.05, 0.1) is 18.0 Å². The second kappa shape index (κ2) is 3.12. The van der Waals surface area contributed by atoms with E-state index in [0.29, 0.717) is 0 Å². The average molecular weight is 193 g/mol. The van der Waals surface area contributed by atoms with Crippen molar-refractivity contribution >= 4 is 6.21 Å². The van der Waals surface area contributed by atoms with Crippen molar-refractivity contribution in [1.82, 2.24) is 0 Å². The quantitative estimate of drug-likeness (QED) is 0.639. The summed E-state index contributed by atoms with van der Waals surface area (Å²) >= 11 is 0. The molecule has 0 aromatic heterocycles. The summed E-state index contributed by atoms with van der Waals surface area (Å²) in [4.78, 5) is 3.61. The highest BCUT2D eigenvalue weighted by molar-refractivity contribution is 5.69. The van der Waals surface area contributed by atoms with Gasteiger partial charge in [0.2, 0.25) is 0 Å². The van der Waals surface area contributed by atoms with Gasteiger partial charge in [0.25, 0.3) is 0 Å². The molecule has 74 valence electrons. The minimum Gasteiger partial charge on any atom is -0.321 e. The summed E-state index contributed by atoms with van der Waals surface area (Å²) in [5, 5.41) is 0. The molecule has 3 nitrogen and oxygen atoms in total. The van der Waals surface area contributed by atoms with E-state index >= 15 is 0 Å². The molecular formula is C7H10F3N3. The Kier molecular flexibility index (Phi) is 2.44. The van der Waals surface area contributed by atoms with Gasteiger partial charge in [-0.2, -0.15) is 13.2 Å². The first kappa shape index (κ1) is 10.2. The molecule has 6 heteroatoms. The van der Waals surface area contributed by atoms with Crippen molar-refractivity contribution < 1.29 is 13.2 Å². The van der Waals surface area contributed by atoms with E-state index in [1.807, 2.05) is 0 Å². The summed E-state index contributed by atoms with van der Waals surface area (Å²) < 4.78 is 36.1. The molecule has 1 aliphatic rings. The van der Waals surface area contributed by atoms with Crippen molar-refractivity contribution in [3.63, 3.8) is 0 Å². The van der Waals surface area contributed by atoms with Crippen LogP contribution in [0.2, 0.25) is 0 Å². The van der Waals surface area contributed by atoms with Gasteiger partial charge in [-0.3, -0.25) is 4.99 Å². The van der Waals surface area contributed by atoms with Crippen molar-refractivity contribution in [1.29, 1.82) is 0 Å². The monoisotopic (exact) mass is 193 g/mol. The Labute approximate surface area is 73.3 Å². The average Bonchev–Trinajstić information content (AvgIpc) is 1.92. The molecule has 0 bridgehead atoms. The van der Waals surface area contributed by atoms with Crippen LogP contribution in [-0.2, 0) is 0 Å². The highest BCUT2D eigenvalue weighted by atomic mass is 19.4. The summed E-state index contributed by atoms with van der Waals surface area (Å²) in [6.07, 6.45) is -1.82. The summed E-state index contributed by atoms with van der Waals surface area (Å²) in [5.41, 5.74) is 9.30. The molecule has 0 aliphatic carbocycles. The predicted octanol–water partition coefficient (Wildman–Crippen LogP) is 0.562. The number of rotatable bonds is 1. The van der Waals surface area contributed by atoms with Crippen LogP contribution in [0.5, 0.6) is 0 Å². The molecule has 0 spiro atoms. The van der Waals surface area contributed by atoms with E-state index in [1.54, 1.807) is 0 Å². The topological polar surface area (TPSA) is 64.4 Å². The third-order valence-electron chi connectivity index (χ3n) is 1.84. The molecule has 1 heterocycles. The fourth-order valence-corrected chi connectivity index (χ4v) is 1.10. The molecule has 0 fully saturated rings. The van der Waals surface area contributed by atoms with Gasteiger partial charge in [-0.15, -0.1) is 0 Å². The summed E-state index contributed by atoms with van der Waals surface area (Å²) in [7, 11) is 0. The van der Waals surface area contributed by atoms with E-state index < -0.39 is 24.2 Å². The highest BCUT2D eigenvalue weighted by Gasteiger charge is 2.42. The van der Waals surface area contributed by atoms with Crippen molar-refractivity contribution in [2.75, 3.05) is 0 Å². The van der Waals surface area contributed by atoms with Crippen molar-refractivity contribution in [3.8, 4) is 0 Å². The number of nitrogens with two attached hydrogens (primary N) is 2. The molecule has 13 heavy (non-hydrogen) atoms. The SMILES string of the molecule is NC1C=NC=CC1(N)CC(F)(F)F. The van der Waals surface area contributed by atoms with Crippen LogP contribution in [0.1, 0.15) is 6.42 Å². The number of halogens is 3. The molecule has 0 amide bonds. The van der Waals surface area contributed by atoms with Crippen LogP contribution in [0.4, 0.5) is 13.2 Å². The van der Waals surface area contributed by atoms with E-state index in [0.717, 1.165) is 0 Å². The number of aliphatic imine (C=N–C) groups is 1. The van der Waals surface area contributed by atoms with Gasteiger partial charge in [0.1, 0.15) is 0 Å². The van der Waals surface area contributed by atoms with E-state index in [2.05, 4.69) is 4.99 Å². The minimum atomic E-state index is -4.32. The third-order valence-corrected chi connectivity index (χ3v) is 1.84. The van der Waals surface area contributed by atoms with Crippen LogP contribution in [-0.4, -0.2) is 24.0 Å². The molecule has 0 aromatic carbocycles. The number of hydrogen-bond acceptors (Lipinski definition) is 3. The zero-order valence-electron chi connectivity index (χ0n) is 6.75. The van der Waals surface area contributed by atoms with Gasteiger partial charge >= 0.3 is 6.18 Å². The maximum Gasteiger partial charge on any atom is 0.391 e. The zero-order valence-corrected chi connectivity index (χ0v) is 6.75. The van der Waals surface area contributed by atoms with Gasteiger partial charge in [0, 0.05) is 12.4 Å². The first-order chi connectivity index (χ1) is 5.83. The Bertz CT molecular complexity index is 246. The Balaban J connectivity index is 2.76. The third kappa shape index (κ3) is 2.53. The Hall–Kier alpha value is -0.880. The number of nitrogens with zero attached hydrogens (tertiary/aromatic N) is 1. The number of hydrogen-bond donors (Lipinski definition) is 2. The smallest absolute Gasteiger partial charge is 0.321 e. The lowest BCUT2D eigenvalue weighted by Gasteiger charge is -2.32. The normalized spacial score (nSPS) is 33.8. The highest BCUT2D eigenvalue weighted by Crippen LogP contribution is 2.29. The molecule has 2 atom stereocenters. The van der Waals surface area contributed by atoms with E-state index in [-0.39, 0.29) is 0 Å². The molecule has 4 N–H and O–H groups in total. The van der Waals surface area contributed by atoms with Gasteiger partial charge < -0.3 is 11.5 Å². The second-order valence-electron chi connectivity index (χ2n) is 3.04. The lowest BCUT2D eigenvalue weighted by atomic mass is 9.87. The number of alkyl halides is 3. The molecule has 1 aliphatic heterocycles. The van der Waals surface area contributed by atoms with Crippen LogP contribution in [0.15, 0.2) is 17.3 Å². The van der Waals surface area contributed by atoms with E-state index in [9.17, 15) is 13.2 Å². The first-order valence-electron chi connectivity index (χ1n) is 3.66. The molecule has 1 rings (SSSR count). The van der Waals surface area contributed by atoms with Crippen LogP contribution in [0.25, 0.3) is 0 Å². The van der Waals surface area contributed by atoms with Crippen LogP contribution in [0.3, 0.4) is 0 Å². The molecule has 0 aromatic rings. The van der Waals surface area contributed by atoms with E-state index in [1.165, 1.54) is 18.5 Å². The largest absolute Gasteiger partial charge is 0.391 e. The first-order valence-corrected chi connectivity index (χ1v) is 3.66. The minimum absolute atomic E-state index is 0.890. The zero-order chi connectivity index (χ0) is 10.1. The van der Waals surface area contributed by atoms with Gasteiger partial charge in [0.15, 0.2) is 0 Å². The molecule has 0 radical (unpaired) electrons. The molecule has 0 saturated carbocycles. The Morgan fingerprint density at radius 3 is 2.54 bits per heavy atom. The van der Waals surface area contributed by atoms with Crippen molar-refractivity contribution in [3.05, 3.63) is 12.3 Å². The Morgan fingerprint density at radius 1 is 1.46 bits per heavy atom. The van der Waals surface area contributed by atoms with Crippen molar-refractivity contribution in [2.24, 2.45) is 16.5 Å². The fourth-order valence-electron chi connectivity index (χ4n) is 1.10. The summed E-state index contributed by atoms with van der Waals surface area (Å²) in [6, 6.07) is -0.890. The predicted molar refractivity (Wildman–Crippen MR) is 43.2 cm³/mol. The van der Waals surface area contributed by atoms with Crippen LogP contribution >= 0.6 is 0 Å². The maximum absolute atomic E-state index is 12.0. The lowest BCUT2D eigenvalue weighted by Crippen LogP contribution is -2.57. The lowest BCUT2D eigenvalue weighted by molar-refractivity contribution is -0.143. The molecular weight excluding hydrogens is 183 g/mol. The molecule has 2 unspecified atom stereocenters. The second-order valence-corrected chi connectivity index (χ2v) is 3.04. The summed E-state index contributed by atoms with van der Waals surface area (Å²) in [5.74, 6) is 0. The Morgan fingerprint density at radius 2 is 2.08 bits per heavy atom. The van der Waals surface area contributed by atoms with Gasteiger partial charge in [-0.25, -0.2) is 0 Å². The van der Waals surface area contributed by atoms with Gasteiger partial charge in [-0.05, 0) is 6.08 Å². The van der Waals surface area contributed by atoms with Gasteiger partial charge in [-0.1, -0.05) is 0 Å². The van der Waals surface area contributed by atoms with E-state index in [4.69, 9.17) is 11.5 Å². The van der Waals surface area contributed by atoms with Crippen molar-refractivity contribution in [2.45, 2.75) is 24.2 Å². The maximum atomic E-state index is 12.0. The summed E-state index contributed by atoms with van der Waals surface area (Å²) in [6.45, 7) is 0. The van der Waals surface area contributed by atoms with Crippen LogP contribution < -0.4 is 11.5 Å². The van der Waals surface area contributed by atoms with Crippen LogP contribution in [0, 0.1) is 0 Å².